The Labute approximate surface area is 143 Å². The fourth-order valence-electron chi connectivity index (χ4n) is 3.14. The van der Waals surface area contributed by atoms with Crippen molar-refractivity contribution in [3.8, 4) is 5.75 Å². The van der Waals surface area contributed by atoms with Crippen LogP contribution in [0.25, 0.3) is 0 Å². The van der Waals surface area contributed by atoms with Crippen LogP contribution in [0.4, 0.5) is 5.69 Å². The van der Waals surface area contributed by atoms with Crippen LogP contribution in [0.15, 0.2) is 18.2 Å². The average Bonchev–Trinajstić information content (AvgIpc) is 2.54. The molecule has 1 aliphatic carbocycles. The number of methoxy groups -OCH3 is 1. The van der Waals surface area contributed by atoms with Crippen molar-refractivity contribution in [1.29, 1.82) is 0 Å². The zero-order valence-corrected chi connectivity index (χ0v) is 14.9. The SMILES string of the molecule is CCCOc1ccc(NC(=O)C2(OC)CCCC(C)C2)cc1Cl. The highest BCUT2D eigenvalue weighted by atomic mass is 35.5. The third-order valence-electron chi connectivity index (χ3n) is 4.41. The minimum Gasteiger partial charge on any atom is -0.492 e. The molecule has 1 aromatic rings. The minimum absolute atomic E-state index is 0.0927. The van der Waals surface area contributed by atoms with Crippen LogP contribution in [0.2, 0.25) is 5.02 Å². The Bertz CT molecular complexity index is 549. The van der Waals surface area contributed by atoms with Gasteiger partial charge in [0, 0.05) is 12.8 Å². The van der Waals surface area contributed by atoms with E-state index >= 15 is 0 Å². The van der Waals surface area contributed by atoms with Gasteiger partial charge in [-0.3, -0.25) is 4.79 Å². The zero-order valence-electron chi connectivity index (χ0n) is 14.2. The molecule has 1 amide bonds. The zero-order chi connectivity index (χ0) is 16.9. The van der Waals surface area contributed by atoms with E-state index in [-0.39, 0.29) is 5.91 Å². The van der Waals surface area contributed by atoms with E-state index in [1.165, 1.54) is 0 Å². The normalized spacial score (nSPS) is 24.3. The number of rotatable bonds is 6. The third-order valence-corrected chi connectivity index (χ3v) is 4.71. The van der Waals surface area contributed by atoms with Crippen molar-refractivity contribution in [2.45, 2.75) is 51.6 Å². The number of anilines is 1. The summed E-state index contributed by atoms with van der Waals surface area (Å²) in [5.74, 6) is 1.03. The Morgan fingerprint density at radius 3 is 2.87 bits per heavy atom. The van der Waals surface area contributed by atoms with Crippen molar-refractivity contribution < 1.29 is 14.3 Å². The van der Waals surface area contributed by atoms with Crippen LogP contribution in [0, 0.1) is 5.92 Å². The number of hydrogen-bond acceptors (Lipinski definition) is 3. The summed E-state index contributed by atoms with van der Waals surface area (Å²) in [4.78, 5) is 12.7. The van der Waals surface area contributed by atoms with Gasteiger partial charge >= 0.3 is 0 Å². The molecule has 0 bridgehead atoms. The van der Waals surface area contributed by atoms with E-state index in [1.807, 2.05) is 13.0 Å². The summed E-state index contributed by atoms with van der Waals surface area (Å²) < 4.78 is 11.2. The van der Waals surface area contributed by atoms with E-state index in [1.54, 1.807) is 19.2 Å². The maximum atomic E-state index is 12.7. The predicted molar refractivity (Wildman–Crippen MR) is 93.2 cm³/mol. The van der Waals surface area contributed by atoms with Gasteiger partial charge in [0.25, 0.3) is 5.91 Å². The molecule has 0 heterocycles. The lowest BCUT2D eigenvalue weighted by Crippen LogP contribution is -2.47. The van der Waals surface area contributed by atoms with Gasteiger partial charge in [-0.05, 0) is 49.8 Å². The Kier molecular flexibility index (Phi) is 6.31. The molecule has 0 aromatic heterocycles. The van der Waals surface area contributed by atoms with E-state index in [0.717, 1.165) is 32.1 Å². The molecular weight excluding hydrogens is 314 g/mol. The van der Waals surface area contributed by atoms with Gasteiger partial charge in [-0.1, -0.05) is 31.9 Å². The number of halogens is 1. The number of carbonyl (C=O) groups is 1. The number of benzene rings is 1. The number of hydrogen-bond donors (Lipinski definition) is 1. The summed E-state index contributed by atoms with van der Waals surface area (Å²) in [6.07, 6.45) is 4.58. The summed E-state index contributed by atoms with van der Waals surface area (Å²) in [6.45, 7) is 4.82. The summed E-state index contributed by atoms with van der Waals surface area (Å²) in [5.41, 5.74) is -0.0693. The number of nitrogens with one attached hydrogen (secondary N) is 1. The molecule has 4 nitrogen and oxygen atoms in total. The highest BCUT2D eigenvalue weighted by Gasteiger charge is 2.42. The fraction of sp³-hybridized carbons (Fsp3) is 0.611. The summed E-state index contributed by atoms with van der Waals surface area (Å²) >= 11 is 6.22. The Hall–Kier alpha value is -1.26. The minimum atomic E-state index is -0.735. The van der Waals surface area contributed by atoms with Crippen LogP contribution in [0.3, 0.4) is 0 Å². The topological polar surface area (TPSA) is 47.6 Å². The summed E-state index contributed by atoms with van der Waals surface area (Å²) in [5, 5.41) is 3.44. The van der Waals surface area contributed by atoms with Crippen LogP contribution in [-0.4, -0.2) is 25.2 Å². The first-order valence-electron chi connectivity index (χ1n) is 8.29. The van der Waals surface area contributed by atoms with Crippen molar-refractivity contribution in [2.75, 3.05) is 19.0 Å². The van der Waals surface area contributed by atoms with E-state index < -0.39 is 5.60 Å². The van der Waals surface area contributed by atoms with Crippen molar-refractivity contribution in [2.24, 2.45) is 5.92 Å². The molecule has 5 heteroatoms. The molecule has 0 spiro atoms. The molecule has 2 rings (SSSR count). The monoisotopic (exact) mass is 339 g/mol. The van der Waals surface area contributed by atoms with Gasteiger partial charge in [-0.25, -0.2) is 0 Å². The van der Waals surface area contributed by atoms with Gasteiger partial charge in [0.05, 0.1) is 11.6 Å². The van der Waals surface area contributed by atoms with Crippen molar-refractivity contribution in [1.82, 2.24) is 0 Å². The maximum Gasteiger partial charge on any atom is 0.256 e. The Balaban J connectivity index is 2.08. The van der Waals surface area contributed by atoms with Crippen molar-refractivity contribution in [3.63, 3.8) is 0 Å². The van der Waals surface area contributed by atoms with Gasteiger partial charge in [0.2, 0.25) is 0 Å². The quantitative estimate of drug-likeness (QED) is 0.819. The third kappa shape index (κ3) is 4.39. The molecule has 0 aliphatic heterocycles. The molecule has 1 N–H and O–H groups in total. The van der Waals surface area contributed by atoms with Crippen molar-refractivity contribution in [3.05, 3.63) is 23.2 Å². The lowest BCUT2D eigenvalue weighted by atomic mass is 9.78. The Morgan fingerprint density at radius 2 is 2.26 bits per heavy atom. The maximum absolute atomic E-state index is 12.7. The molecule has 1 saturated carbocycles. The first kappa shape index (κ1) is 18.1. The lowest BCUT2D eigenvalue weighted by Gasteiger charge is -2.37. The highest BCUT2D eigenvalue weighted by molar-refractivity contribution is 6.32. The molecule has 128 valence electrons. The molecule has 1 aliphatic rings. The predicted octanol–water partition coefficient (Wildman–Crippen LogP) is 4.66. The molecule has 0 radical (unpaired) electrons. The molecule has 1 fully saturated rings. The first-order valence-corrected chi connectivity index (χ1v) is 8.67. The van der Waals surface area contributed by atoms with Gasteiger partial charge in [0.15, 0.2) is 0 Å². The van der Waals surface area contributed by atoms with Crippen molar-refractivity contribution >= 4 is 23.2 Å². The lowest BCUT2D eigenvalue weighted by molar-refractivity contribution is -0.143. The van der Waals surface area contributed by atoms with Gasteiger partial charge in [0.1, 0.15) is 11.4 Å². The first-order chi connectivity index (χ1) is 11.0. The standard InChI is InChI=1S/C18H26ClNO3/c1-4-10-23-16-8-7-14(11-15(16)19)20-17(21)18(22-3)9-5-6-13(2)12-18/h7-8,11,13H,4-6,9-10,12H2,1-3H3,(H,20,21). The molecule has 2 unspecified atom stereocenters. The largest absolute Gasteiger partial charge is 0.492 e. The van der Waals surface area contributed by atoms with Crippen LogP contribution >= 0.6 is 11.6 Å². The molecular formula is C18H26ClNO3. The van der Waals surface area contributed by atoms with E-state index in [4.69, 9.17) is 21.1 Å². The van der Waals surface area contributed by atoms with E-state index in [9.17, 15) is 4.79 Å². The molecule has 1 aromatic carbocycles. The van der Waals surface area contributed by atoms with E-state index in [0.29, 0.717) is 29.0 Å². The smallest absolute Gasteiger partial charge is 0.256 e. The number of ether oxygens (including phenoxy) is 2. The second kappa shape index (κ2) is 8.02. The molecule has 0 saturated heterocycles. The number of carbonyl (C=O) groups excluding carboxylic acids is 1. The fourth-order valence-corrected chi connectivity index (χ4v) is 3.38. The van der Waals surface area contributed by atoms with Gasteiger partial charge < -0.3 is 14.8 Å². The van der Waals surface area contributed by atoms with Crippen LogP contribution in [-0.2, 0) is 9.53 Å². The summed E-state index contributed by atoms with van der Waals surface area (Å²) in [7, 11) is 1.62. The number of amides is 1. The van der Waals surface area contributed by atoms with Crippen LogP contribution in [0.5, 0.6) is 5.75 Å². The molecule has 23 heavy (non-hydrogen) atoms. The summed E-state index contributed by atoms with van der Waals surface area (Å²) in [6, 6.07) is 5.32. The van der Waals surface area contributed by atoms with Crippen LogP contribution < -0.4 is 10.1 Å². The van der Waals surface area contributed by atoms with Gasteiger partial charge in [-0.15, -0.1) is 0 Å². The second-order valence-corrected chi connectivity index (χ2v) is 6.75. The Morgan fingerprint density at radius 1 is 1.48 bits per heavy atom. The average molecular weight is 340 g/mol. The second-order valence-electron chi connectivity index (χ2n) is 6.35. The van der Waals surface area contributed by atoms with E-state index in [2.05, 4.69) is 12.2 Å². The van der Waals surface area contributed by atoms with Crippen LogP contribution in [0.1, 0.15) is 46.0 Å². The van der Waals surface area contributed by atoms with Gasteiger partial charge in [-0.2, -0.15) is 0 Å². The molecule has 2 atom stereocenters. The highest BCUT2D eigenvalue weighted by Crippen LogP contribution is 2.36.